The number of aryl methyl sites for hydroxylation is 1. The lowest BCUT2D eigenvalue weighted by molar-refractivity contribution is -0.155. The number of ketones is 3. The molecule has 0 saturated heterocycles. The number of unbranched alkanes of at least 4 members (excludes halogenated alkanes) is 2. The number of ether oxygens (including phenoxy) is 2. The summed E-state index contributed by atoms with van der Waals surface area (Å²) in [6.45, 7) is 12.8. The normalized spacial score (nSPS) is 17.8. The number of aromatic nitrogens is 7. The van der Waals surface area contributed by atoms with Crippen molar-refractivity contribution < 1.29 is 86.8 Å². The average molecular weight is 1770 g/mol. The molecule has 10 heterocycles. The number of nitrogens with one attached hydrogen (secondary N) is 8. The van der Waals surface area contributed by atoms with Gasteiger partial charge in [0.15, 0.2) is 23.5 Å². The molecule has 34 nitrogen and oxygen atoms in total. The van der Waals surface area contributed by atoms with E-state index in [2.05, 4.69) is 58.7 Å². The number of fused-ring (bicyclic) bond motifs is 13. The average Bonchev–Trinajstić information content (AvgIpc) is 1.59. The van der Waals surface area contributed by atoms with E-state index < -0.39 is 137 Å². The molecular weight excluding hydrogens is 1690 g/mol. The van der Waals surface area contributed by atoms with Crippen LogP contribution in [0.15, 0.2) is 107 Å². The SMILES string of the molecule is C=C(NC(=O)c1csc(-c2nc3c(cc2OCc2ccc(NC(=O)[C@H](CCCNC(N)=O)CC(=O)[C@@H](NC(=O)CCCCCN4C(=O)C=CC4=O)C(C)C)cc2)-c2ncc(s2)C(=O)N[C@@H]([C@@H](C)O)C(=O)N/C(=C\C)c2nc(cs2)C(=O)C[C@H]2C[C@H](O)C(=O)OCc4cccc5[nH]c(c(C)c45)C(=O)SC[C@H](NC(=O)c4csc2n4)c2nc-3cs2)n1)C(C)=O. The van der Waals surface area contributed by atoms with Gasteiger partial charge in [-0.15, -0.1) is 56.7 Å². The molecule has 7 atom stereocenters. The van der Waals surface area contributed by atoms with E-state index in [-0.39, 0.29) is 156 Å². The van der Waals surface area contributed by atoms with Crippen LogP contribution in [0.5, 0.6) is 5.75 Å². The number of thioether (sulfide) groups is 1. The Hall–Kier alpha value is -12.1. The molecule has 636 valence electrons. The van der Waals surface area contributed by atoms with Crippen molar-refractivity contribution >= 4 is 172 Å². The van der Waals surface area contributed by atoms with Crippen LogP contribution in [0.25, 0.3) is 49.3 Å². The number of thiazole rings is 5. The highest BCUT2D eigenvalue weighted by Gasteiger charge is 2.36. The van der Waals surface area contributed by atoms with E-state index in [1.165, 1.54) is 54.4 Å². The summed E-state index contributed by atoms with van der Waals surface area (Å²) in [6.07, 6.45) is 2.57. The third-order valence-corrected chi connectivity index (χ3v) is 25.7. The fraction of sp³-hybridized carbons (Fsp3) is 0.341. The van der Waals surface area contributed by atoms with Crippen molar-refractivity contribution in [3.8, 4) is 38.4 Å². The van der Waals surface area contributed by atoms with Crippen molar-refractivity contribution in [2.24, 2.45) is 17.6 Å². The first-order valence-electron chi connectivity index (χ1n) is 38.6. The van der Waals surface area contributed by atoms with Crippen LogP contribution in [-0.2, 0) is 56.3 Å². The molecule has 0 aliphatic carbocycles. The number of rotatable bonds is 25. The third kappa shape index (κ3) is 21.8. The second-order valence-electron chi connectivity index (χ2n) is 29.2. The van der Waals surface area contributed by atoms with E-state index in [0.717, 1.165) is 73.3 Å². The van der Waals surface area contributed by atoms with Gasteiger partial charge in [0.05, 0.1) is 46.5 Å². The van der Waals surface area contributed by atoms with E-state index in [1.807, 2.05) is 0 Å². The van der Waals surface area contributed by atoms with Crippen LogP contribution in [-0.4, -0.2) is 175 Å². The van der Waals surface area contributed by atoms with Crippen LogP contribution in [0.2, 0.25) is 0 Å². The molecular formula is C82H84N16O18S6. The van der Waals surface area contributed by atoms with Gasteiger partial charge in [0.2, 0.25) is 22.8 Å². The lowest BCUT2D eigenvalue weighted by Gasteiger charge is -2.24. The lowest BCUT2D eigenvalue weighted by atomic mass is 9.89. The van der Waals surface area contributed by atoms with E-state index in [9.17, 15) is 77.3 Å². The quantitative estimate of drug-likeness (QED) is 0.0110. The number of aromatic amines is 1. The van der Waals surface area contributed by atoms with Gasteiger partial charge in [-0.3, -0.25) is 62.4 Å². The summed E-state index contributed by atoms with van der Waals surface area (Å²) in [6, 6.07) is 8.75. The maximum atomic E-state index is 14.9. The van der Waals surface area contributed by atoms with Crippen molar-refractivity contribution in [1.29, 1.82) is 0 Å². The first-order chi connectivity index (χ1) is 58.4. The van der Waals surface area contributed by atoms with Gasteiger partial charge in [-0.2, -0.15) is 0 Å². The predicted molar refractivity (Wildman–Crippen MR) is 456 cm³/mol. The van der Waals surface area contributed by atoms with Gasteiger partial charge in [-0.1, -0.05) is 69.0 Å². The number of H-pyrrole nitrogens is 1. The molecule has 0 radical (unpaired) electrons. The van der Waals surface area contributed by atoms with E-state index >= 15 is 0 Å². The number of cyclic esters (lactones) is 1. The summed E-state index contributed by atoms with van der Waals surface area (Å²) >= 11 is 5.71. The van der Waals surface area contributed by atoms with Crippen molar-refractivity contribution in [3.05, 3.63) is 166 Å². The Balaban J connectivity index is 0.900. The summed E-state index contributed by atoms with van der Waals surface area (Å²) < 4.78 is 12.4. The number of urea groups is 1. The Bertz CT molecular complexity index is 5660. The number of pyridine rings is 1. The zero-order chi connectivity index (χ0) is 87.3. The number of carbonyl (C=O) groups is 14. The maximum Gasteiger partial charge on any atom is 0.335 e. The third-order valence-electron chi connectivity index (χ3n) is 20.0. The fourth-order valence-corrected chi connectivity index (χ4v) is 18.7. The molecule has 0 saturated carbocycles. The van der Waals surface area contributed by atoms with Crippen molar-refractivity contribution in [2.45, 2.75) is 149 Å². The number of anilines is 1. The molecule has 0 unspecified atom stereocenters. The van der Waals surface area contributed by atoms with Gasteiger partial charge in [0.25, 0.3) is 29.5 Å². The number of hydrogen-bond donors (Lipinski definition) is 11. The highest BCUT2D eigenvalue weighted by atomic mass is 32.2. The van der Waals surface area contributed by atoms with Crippen LogP contribution in [0.4, 0.5) is 10.5 Å². The van der Waals surface area contributed by atoms with Crippen LogP contribution in [0, 0.1) is 18.8 Å². The van der Waals surface area contributed by atoms with Gasteiger partial charge in [0.1, 0.15) is 84.1 Å². The van der Waals surface area contributed by atoms with Crippen LogP contribution < -0.4 is 47.7 Å². The Morgan fingerprint density at radius 1 is 0.820 bits per heavy atom. The number of primary amides is 1. The molecule has 12 N–H and O–H groups in total. The van der Waals surface area contributed by atoms with Gasteiger partial charge in [-0.05, 0) is 99.7 Å². The number of aliphatic hydroxyl groups excluding tert-OH is 2. The molecule has 122 heavy (non-hydrogen) atoms. The molecule has 12 rings (SSSR count). The Labute approximate surface area is 721 Å². The lowest BCUT2D eigenvalue weighted by Crippen LogP contribution is -2.51. The van der Waals surface area contributed by atoms with Crippen molar-refractivity contribution in [1.82, 2.24) is 71.7 Å². The molecule has 7 aromatic heterocycles. The molecule has 2 aromatic carbocycles. The summed E-state index contributed by atoms with van der Waals surface area (Å²) in [5.41, 5.74) is 7.84. The predicted octanol–water partition coefficient (Wildman–Crippen LogP) is 9.33. The minimum absolute atomic E-state index is 0.00591. The van der Waals surface area contributed by atoms with Gasteiger partial charge >= 0.3 is 12.0 Å². The van der Waals surface area contributed by atoms with Crippen LogP contribution in [0.3, 0.4) is 0 Å². The zero-order valence-electron chi connectivity index (χ0n) is 66.5. The minimum Gasteiger partial charge on any atom is -0.486 e. The first-order valence-corrected chi connectivity index (χ1v) is 43.9. The summed E-state index contributed by atoms with van der Waals surface area (Å²) in [7, 11) is 0. The largest absolute Gasteiger partial charge is 0.486 e. The standard InChI is InChI=1S/C82H84N16O18S6/c1-8-49-77-91-51(33-118-77)56(101)27-46-28-58(103)80(112)116-32-45-14-12-16-50-64(45)39(4)66(88-50)81(113)121-37-55(90-72(109)54-35-117-75(46)93-54)78-92-52(34-119-78)68-48(76-85-30-60(122-76)73(110)97-67(42(7)100)74(111)89-49)29-59(69(96-68)79-94-53(36-120-79)71(108)86-40(5)41(6)99)115-31-43-18-20-47(21-19-43)87-70(107)44(15-13-24-84-82(83)114)26-57(102)65(38(2)3)95-61(104)17-10-9-11-25-98-62(105)22-23-63(98)106/h8,12,14,16,18-23,29-30,33-36,38,42,44,46,55,58,65,67,88,100,103H,5,9-11,13,15,17,24-28,31-32,37H2,1-4,6-7H3,(H,86,108)(H,87,107)(H,89,111)(H,90,109)(H,95,104)(H,97,110)(H3,83,84,114)/b49-8-/t42-,44-,46+,55+,58+,65+,67+/m1/s1. The van der Waals surface area contributed by atoms with Gasteiger partial charge in [-0.25, -0.2) is 39.5 Å². The number of esters is 1. The molecule has 9 aromatic rings. The van der Waals surface area contributed by atoms with Crippen LogP contribution in [0.1, 0.15) is 188 Å². The number of hydrogen-bond acceptors (Lipinski definition) is 30. The highest BCUT2D eigenvalue weighted by molar-refractivity contribution is 8.14. The Morgan fingerprint density at radius 3 is 2.28 bits per heavy atom. The molecule has 3 aliphatic heterocycles. The molecule has 10 amide bonds. The zero-order valence-corrected chi connectivity index (χ0v) is 71.4. The number of nitrogens with zero attached hydrogens (tertiary/aromatic N) is 7. The number of allylic oxidation sites excluding steroid dienone is 2. The summed E-state index contributed by atoms with van der Waals surface area (Å²) in [4.78, 5) is 224. The maximum absolute atomic E-state index is 14.9. The van der Waals surface area contributed by atoms with Crippen molar-refractivity contribution in [2.75, 3.05) is 24.2 Å². The highest BCUT2D eigenvalue weighted by Crippen LogP contribution is 2.43. The monoisotopic (exact) mass is 1770 g/mol. The van der Waals surface area contributed by atoms with E-state index in [0.29, 0.717) is 52.5 Å². The number of amides is 10. The van der Waals surface area contributed by atoms with E-state index in [4.69, 9.17) is 35.1 Å². The van der Waals surface area contributed by atoms with Crippen LogP contribution >= 0.6 is 68.4 Å². The smallest absolute Gasteiger partial charge is 0.335 e. The minimum atomic E-state index is -1.82. The first kappa shape index (κ1) is 89.2. The Kier molecular flexibility index (Phi) is 29.3. The second kappa shape index (κ2) is 40.1. The number of benzene rings is 2. The number of Topliss-reactive ketones (excluding diaryl/α,β-unsaturated/α-hetero) is 3. The number of nitrogens with two attached hydrogens (primary N) is 1. The van der Waals surface area contributed by atoms with Gasteiger partial charge in [0, 0.05) is 113 Å². The fourth-order valence-electron chi connectivity index (χ4n) is 13.4. The summed E-state index contributed by atoms with van der Waals surface area (Å²) in [5, 5.41) is 48.7. The second-order valence-corrected chi connectivity index (χ2v) is 34.7. The van der Waals surface area contributed by atoms with Gasteiger partial charge < -0.3 is 67.6 Å². The van der Waals surface area contributed by atoms with E-state index in [1.54, 1.807) is 81.6 Å². The number of aliphatic hydroxyl groups is 2. The molecule has 0 fully saturated rings. The molecule has 12 bridgehead atoms. The topological polar surface area (TPSA) is 504 Å². The van der Waals surface area contributed by atoms with Crippen molar-refractivity contribution in [3.63, 3.8) is 0 Å². The number of carbonyl (C=O) groups excluding carboxylic acids is 14. The molecule has 0 spiro atoms. The number of imide groups is 1. The summed E-state index contributed by atoms with van der Waals surface area (Å²) in [5.74, 6) is -10.0. The molecule has 3 aliphatic rings. The molecule has 40 heteroatoms. The Morgan fingerprint density at radius 2 is 1.55 bits per heavy atom.